The Morgan fingerprint density at radius 3 is 2.76 bits per heavy atom. The summed E-state index contributed by atoms with van der Waals surface area (Å²) in [4.78, 5) is 11.0. The van der Waals surface area contributed by atoms with Gasteiger partial charge in [0, 0.05) is 25.8 Å². The number of aliphatic hydroxyl groups excluding tert-OH is 1. The van der Waals surface area contributed by atoms with Crippen LogP contribution in [-0.4, -0.2) is 37.4 Å². The second kappa shape index (κ2) is 9.19. The normalized spacial score (nSPS) is 12.0. The molecule has 0 amide bonds. The van der Waals surface area contributed by atoms with Gasteiger partial charge in [-0.1, -0.05) is 19.9 Å². The summed E-state index contributed by atoms with van der Waals surface area (Å²) in [5.41, 5.74) is 0.167. The highest BCUT2D eigenvalue weighted by molar-refractivity contribution is 5.81. The minimum Gasteiger partial charge on any atom is -0.463 e. The van der Waals surface area contributed by atoms with Gasteiger partial charge in [0.05, 0.1) is 6.61 Å². The number of hydrogen-bond acceptors (Lipinski definition) is 4. The van der Waals surface area contributed by atoms with Crippen LogP contribution in [0.15, 0.2) is 12.2 Å². The largest absolute Gasteiger partial charge is 0.463 e. The average Bonchev–Trinajstić information content (AvgIpc) is 2.26. The molecule has 0 aliphatic rings. The summed E-state index contributed by atoms with van der Waals surface area (Å²) in [6.07, 6.45) is 5.02. The van der Waals surface area contributed by atoms with E-state index in [-0.39, 0.29) is 18.0 Å². The molecule has 4 heteroatoms. The standard InChI is InChI=1S/C13H25NO3/c1-4-17-12(16)7-5-9-14-11-13(2,3)8-6-10-15/h5,7,14-15H,4,6,8-11H2,1-3H3/b7-5+. The average molecular weight is 243 g/mol. The van der Waals surface area contributed by atoms with Gasteiger partial charge in [-0.15, -0.1) is 0 Å². The van der Waals surface area contributed by atoms with Crippen LogP contribution in [0.3, 0.4) is 0 Å². The number of hydrogen-bond donors (Lipinski definition) is 2. The number of esters is 1. The first-order valence-corrected chi connectivity index (χ1v) is 6.16. The first-order valence-electron chi connectivity index (χ1n) is 6.16. The summed E-state index contributed by atoms with van der Waals surface area (Å²) in [5, 5.41) is 12.0. The molecule has 0 spiro atoms. The molecule has 0 fully saturated rings. The summed E-state index contributed by atoms with van der Waals surface area (Å²) in [6, 6.07) is 0. The first-order chi connectivity index (χ1) is 8.02. The smallest absolute Gasteiger partial charge is 0.330 e. The first kappa shape index (κ1) is 16.1. The third-order valence-electron chi connectivity index (χ3n) is 2.42. The predicted molar refractivity (Wildman–Crippen MR) is 68.7 cm³/mol. The lowest BCUT2D eigenvalue weighted by Crippen LogP contribution is -2.29. The molecule has 0 saturated carbocycles. The third kappa shape index (κ3) is 10.0. The molecule has 0 bridgehead atoms. The topological polar surface area (TPSA) is 58.6 Å². The van der Waals surface area contributed by atoms with Crippen molar-refractivity contribution in [1.29, 1.82) is 0 Å². The SMILES string of the molecule is CCOC(=O)/C=C/CNCC(C)(C)CCCO. The molecule has 0 aliphatic heterocycles. The molecular formula is C13H25NO3. The Kier molecular flexibility index (Phi) is 8.72. The van der Waals surface area contributed by atoms with Crippen molar-refractivity contribution < 1.29 is 14.6 Å². The molecule has 4 nitrogen and oxygen atoms in total. The maximum atomic E-state index is 11.0. The van der Waals surface area contributed by atoms with Crippen LogP contribution in [0.4, 0.5) is 0 Å². The fraction of sp³-hybridized carbons (Fsp3) is 0.769. The highest BCUT2D eigenvalue weighted by Crippen LogP contribution is 2.20. The van der Waals surface area contributed by atoms with Gasteiger partial charge in [-0.2, -0.15) is 0 Å². The molecule has 17 heavy (non-hydrogen) atoms. The van der Waals surface area contributed by atoms with E-state index in [1.54, 1.807) is 13.0 Å². The molecule has 0 aromatic heterocycles. The van der Waals surface area contributed by atoms with E-state index in [0.717, 1.165) is 19.4 Å². The maximum absolute atomic E-state index is 11.0. The number of carbonyl (C=O) groups is 1. The van der Waals surface area contributed by atoms with Crippen molar-refractivity contribution in [3.05, 3.63) is 12.2 Å². The minimum absolute atomic E-state index is 0.167. The van der Waals surface area contributed by atoms with Crippen LogP contribution in [0.25, 0.3) is 0 Å². The van der Waals surface area contributed by atoms with Crippen LogP contribution in [0, 0.1) is 5.41 Å². The summed E-state index contributed by atoms with van der Waals surface area (Å²) in [5.74, 6) is -0.297. The van der Waals surface area contributed by atoms with E-state index >= 15 is 0 Å². The van der Waals surface area contributed by atoms with Gasteiger partial charge in [-0.25, -0.2) is 4.79 Å². The van der Waals surface area contributed by atoms with Crippen LogP contribution in [0.1, 0.15) is 33.6 Å². The summed E-state index contributed by atoms with van der Waals surface area (Å²) < 4.78 is 4.76. The van der Waals surface area contributed by atoms with Gasteiger partial charge in [-0.3, -0.25) is 0 Å². The predicted octanol–water partition coefficient (Wildman–Crippen LogP) is 1.49. The van der Waals surface area contributed by atoms with Gasteiger partial charge in [0.15, 0.2) is 0 Å². The lowest BCUT2D eigenvalue weighted by atomic mass is 9.88. The van der Waals surface area contributed by atoms with Gasteiger partial charge in [0.2, 0.25) is 0 Å². The van der Waals surface area contributed by atoms with Gasteiger partial charge in [0.25, 0.3) is 0 Å². The second-order valence-electron chi connectivity index (χ2n) is 4.78. The number of aliphatic hydroxyl groups is 1. The van der Waals surface area contributed by atoms with Crippen LogP contribution < -0.4 is 5.32 Å². The molecule has 0 rings (SSSR count). The van der Waals surface area contributed by atoms with E-state index in [0.29, 0.717) is 13.2 Å². The quantitative estimate of drug-likeness (QED) is 0.366. The minimum atomic E-state index is -0.297. The molecule has 0 heterocycles. The second-order valence-corrected chi connectivity index (χ2v) is 4.78. The van der Waals surface area contributed by atoms with Gasteiger partial charge < -0.3 is 15.2 Å². The van der Waals surface area contributed by atoms with Crippen LogP contribution in [0.2, 0.25) is 0 Å². The van der Waals surface area contributed by atoms with E-state index in [4.69, 9.17) is 9.84 Å². The van der Waals surface area contributed by atoms with Crippen LogP contribution in [-0.2, 0) is 9.53 Å². The van der Waals surface area contributed by atoms with Gasteiger partial charge >= 0.3 is 5.97 Å². The highest BCUT2D eigenvalue weighted by atomic mass is 16.5. The van der Waals surface area contributed by atoms with Crippen molar-refractivity contribution in [2.75, 3.05) is 26.3 Å². The van der Waals surface area contributed by atoms with Crippen molar-refractivity contribution in [2.24, 2.45) is 5.41 Å². The number of carbonyl (C=O) groups excluding carboxylic acids is 1. The zero-order chi connectivity index (χ0) is 13.1. The molecule has 0 saturated heterocycles. The van der Waals surface area contributed by atoms with Crippen LogP contribution >= 0.6 is 0 Å². The molecule has 0 unspecified atom stereocenters. The van der Waals surface area contributed by atoms with E-state index < -0.39 is 0 Å². The fourth-order valence-electron chi connectivity index (χ4n) is 1.49. The third-order valence-corrected chi connectivity index (χ3v) is 2.42. The summed E-state index contributed by atoms with van der Waals surface area (Å²) in [7, 11) is 0. The van der Waals surface area contributed by atoms with E-state index in [1.807, 2.05) is 0 Å². The lowest BCUT2D eigenvalue weighted by Gasteiger charge is -2.24. The monoisotopic (exact) mass is 243 g/mol. The van der Waals surface area contributed by atoms with Crippen molar-refractivity contribution in [2.45, 2.75) is 33.6 Å². The van der Waals surface area contributed by atoms with Crippen molar-refractivity contribution in [1.82, 2.24) is 5.32 Å². The summed E-state index contributed by atoms with van der Waals surface area (Å²) >= 11 is 0. The Hall–Kier alpha value is -0.870. The molecular weight excluding hydrogens is 218 g/mol. The maximum Gasteiger partial charge on any atom is 0.330 e. The van der Waals surface area contributed by atoms with Crippen molar-refractivity contribution in [3.63, 3.8) is 0 Å². The number of nitrogens with one attached hydrogen (secondary N) is 1. The Bertz CT molecular complexity index is 237. The Balaban J connectivity index is 3.65. The highest BCUT2D eigenvalue weighted by Gasteiger charge is 2.15. The van der Waals surface area contributed by atoms with Gasteiger partial charge in [-0.05, 0) is 25.2 Å². The molecule has 0 atom stereocenters. The number of rotatable bonds is 9. The molecule has 0 aromatic carbocycles. The molecule has 0 radical (unpaired) electrons. The van der Waals surface area contributed by atoms with E-state index in [9.17, 15) is 4.79 Å². The Morgan fingerprint density at radius 2 is 2.18 bits per heavy atom. The zero-order valence-electron chi connectivity index (χ0n) is 11.2. The Labute approximate surface area is 104 Å². The van der Waals surface area contributed by atoms with Crippen LogP contribution in [0.5, 0.6) is 0 Å². The molecule has 100 valence electrons. The van der Waals surface area contributed by atoms with E-state index in [1.165, 1.54) is 6.08 Å². The van der Waals surface area contributed by atoms with E-state index in [2.05, 4.69) is 19.2 Å². The zero-order valence-corrected chi connectivity index (χ0v) is 11.2. The van der Waals surface area contributed by atoms with Crippen molar-refractivity contribution >= 4 is 5.97 Å². The number of ether oxygens (including phenoxy) is 1. The summed E-state index contributed by atoms with van der Waals surface area (Å²) in [6.45, 7) is 8.27. The molecule has 2 N–H and O–H groups in total. The fourth-order valence-corrected chi connectivity index (χ4v) is 1.49. The molecule has 0 aromatic rings. The van der Waals surface area contributed by atoms with Crippen molar-refractivity contribution in [3.8, 4) is 0 Å². The van der Waals surface area contributed by atoms with Gasteiger partial charge in [0.1, 0.15) is 0 Å². The molecule has 0 aliphatic carbocycles. The lowest BCUT2D eigenvalue weighted by molar-refractivity contribution is -0.137. The Morgan fingerprint density at radius 1 is 1.47 bits per heavy atom.